The number of aromatic nitrogens is 24. The number of amides is 4. The average Bonchev–Trinajstić information content (AvgIpc) is 1.67. The second-order valence-corrected chi connectivity index (χ2v) is 35.2. The van der Waals surface area contributed by atoms with Crippen molar-refractivity contribution in [2.24, 2.45) is 7.05 Å². The third-order valence-corrected chi connectivity index (χ3v) is 25.5. The number of ether oxygens (including phenoxy) is 2. The summed E-state index contributed by atoms with van der Waals surface area (Å²) < 4.78 is 36.8. The third kappa shape index (κ3) is 21.1. The first kappa shape index (κ1) is 87.7. The van der Waals surface area contributed by atoms with Crippen LogP contribution >= 0.6 is 53.2 Å². The predicted molar refractivity (Wildman–Crippen MR) is 479 cm³/mol. The molecule has 8 N–H and O–H groups in total. The number of aliphatic hydroxyl groups is 1. The number of pyridine rings is 4. The monoisotopic (exact) mass is 1830 g/mol. The number of aliphatic hydroxyl groups excluding tert-OH is 1. The zero-order valence-corrected chi connectivity index (χ0v) is 74.0. The zero-order valence-electron chi connectivity index (χ0n) is 69.8. The van der Waals surface area contributed by atoms with Crippen LogP contribution in [0.3, 0.4) is 0 Å². The van der Waals surface area contributed by atoms with Gasteiger partial charge in [0.2, 0.25) is 0 Å². The Hall–Kier alpha value is -13.4. The van der Waals surface area contributed by atoms with Gasteiger partial charge in [0.25, 0.3) is 31.5 Å². The van der Waals surface area contributed by atoms with Gasteiger partial charge in [0.1, 0.15) is 72.3 Å². The molecule has 20 rings (SSSR count). The Kier molecular flexibility index (Phi) is 26.8. The van der Waals surface area contributed by atoms with E-state index in [1.807, 2.05) is 133 Å². The normalized spacial score (nSPS) is 18.3. The molecule has 1 atom stereocenters. The van der Waals surface area contributed by atoms with Crippen LogP contribution in [0.1, 0.15) is 131 Å². The molecular formula is C84H85N29O11PS4-. The molecule has 0 radical (unpaired) electrons. The number of anilines is 4. The molecule has 4 fully saturated rings. The molecule has 0 aliphatic heterocycles. The van der Waals surface area contributed by atoms with Crippen molar-refractivity contribution in [3.05, 3.63) is 216 Å². The maximum Gasteiger partial charge on any atom is 0.275 e. The Bertz CT molecular complexity index is 6520. The van der Waals surface area contributed by atoms with Gasteiger partial charge in [0, 0.05) is 144 Å². The molecule has 0 saturated heterocycles. The summed E-state index contributed by atoms with van der Waals surface area (Å²) in [6.07, 6.45) is 34.6. The summed E-state index contributed by atoms with van der Waals surface area (Å²) in [5, 5.41) is 71.3. The summed E-state index contributed by atoms with van der Waals surface area (Å²) in [4.78, 5) is 109. The lowest BCUT2D eigenvalue weighted by Crippen LogP contribution is -2.41. The van der Waals surface area contributed by atoms with E-state index < -0.39 is 20.5 Å². The van der Waals surface area contributed by atoms with Crippen LogP contribution in [-0.4, -0.2) is 209 Å². The molecular weight excluding hydrogens is 1750 g/mol. The summed E-state index contributed by atoms with van der Waals surface area (Å²) in [7, 11) is 1.18. The molecule has 16 heterocycles. The Balaban J connectivity index is 0.000000121. The Morgan fingerprint density at radius 1 is 0.481 bits per heavy atom. The van der Waals surface area contributed by atoms with Crippen LogP contribution in [0, 0.1) is 0 Å². The molecule has 16 aromatic heterocycles. The number of hydrogen-bond acceptors (Lipinski definition) is 31. The van der Waals surface area contributed by atoms with Gasteiger partial charge < -0.3 is 50.5 Å². The van der Waals surface area contributed by atoms with Crippen molar-refractivity contribution in [3.63, 3.8) is 0 Å². The van der Waals surface area contributed by atoms with Crippen LogP contribution in [-0.2, 0) is 32.3 Å². The van der Waals surface area contributed by atoms with E-state index in [2.05, 4.69) is 120 Å². The number of carbonyl (C=O) groups excluding carboxylic acids is 4. The molecule has 4 aliphatic rings. The van der Waals surface area contributed by atoms with Gasteiger partial charge in [-0.3, -0.25) is 81.8 Å². The minimum atomic E-state index is -4.87. The van der Waals surface area contributed by atoms with Crippen molar-refractivity contribution in [2.75, 3.05) is 48.6 Å². The third-order valence-electron chi connectivity index (χ3n) is 21.5. The van der Waals surface area contributed by atoms with E-state index in [1.165, 1.54) is 62.4 Å². The van der Waals surface area contributed by atoms with Crippen LogP contribution < -0.4 is 26.2 Å². The topological polar surface area (TPSA) is 495 Å². The van der Waals surface area contributed by atoms with Gasteiger partial charge in [-0.15, -0.1) is 45.3 Å². The van der Waals surface area contributed by atoms with Crippen molar-refractivity contribution in [2.45, 2.75) is 120 Å². The molecule has 40 nitrogen and oxygen atoms in total. The van der Waals surface area contributed by atoms with Crippen LogP contribution in [0.2, 0.25) is 0 Å². The lowest BCUT2D eigenvalue weighted by atomic mass is 9.86. The summed E-state index contributed by atoms with van der Waals surface area (Å²) in [5.74, 6) is -1.29. The maximum absolute atomic E-state index is 13.1. The molecule has 4 aliphatic carbocycles. The molecule has 4 amide bonds. The highest BCUT2D eigenvalue weighted by Gasteiger charge is 2.37. The first-order valence-electron chi connectivity index (χ1n) is 41.0. The molecule has 129 heavy (non-hydrogen) atoms. The van der Waals surface area contributed by atoms with E-state index >= 15 is 0 Å². The number of carbonyl (C=O) groups is 4. The SMILES string of the molecule is CCOC1CC(n2cc(NC(=O)c3csc(-c4cnn(C)c4)n3)c(-c3ccccn3)n2)C1.CCOC1CC(n2cc(NC(=O)c3csc(-c4cnn(COP(=O)([O-])O)c4)n3)c(-c3ccccn3)n2)C1.CN(C)C1CC(n2cc(NC(=O)c3csc(-c4cn[nH]c4)n3)c(-c3ccccn3)n2)C1.O=C(Nc1cn(C2CC(O)C2)nc1-c1ccccn1)c1csc(-c2cn[nH]c2)n1. The van der Waals surface area contributed by atoms with E-state index in [1.54, 1.807) is 92.9 Å². The molecule has 4 saturated carbocycles. The smallest absolute Gasteiger partial charge is 0.275 e. The first-order chi connectivity index (χ1) is 62.6. The van der Waals surface area contributed by atoms with Gasteiger partial charge >= 0.3 is 0 Å². The molecule has 0 spiro atoms. The number of thiazole rings is 4. The fraction of sp³-hybridized carbons (Fsp3) is 0.286. The Labute approximate surface area is 751 Å². The molecule has 1 unspecified atom stereocenters. The number of nitrogens with zero attached hydrogens (tertiary/aromatic N) is 23. The fourth-order valence-corrected chi connectivity index (χ4v) is 17.8. The van der Waals surface area contributed by atoms with Gasteiger partial charge in [-0.25, -0.2) is 24.6 Å². The summed E-state index contributed by atoms with van der Waals surface area (Å²) in [5.41, 5.74) is 11.9. The number of aromatic amines is 2. The van der Waals surface area contributed by atoms with Crippen LogP contribution in [0.4, 0.5) is 22.7 Å². The van der Waals surface area contributed by atoms with Crippen LogP contribution in [0.15, 0.2) is 193 Å². The highest BCUT2D eigenvalue weighted by Crippen LogP contribution is 2.43. The highest BCUT2D eigenvalue weighted by atomic mass is 32.1. The average molecular weight is 1840 g/mol. The highest BCUT2D eigenvalue weighted by molar-refractivity contribution is 7.44. The van der Waals surface area contributed by atoms with Crippen molar-refractivity contribution in [1.82, 2.24) is 124 Å². The van der Waals surface area contributed by atoms with E-state index in [9.17, 15) is 33.7 Å². The number of nitrogens with one attached hydrogen (secondary N) is 6. The van der Waals surface area contributed by atoms with E-state index in [-0.39, 0.29) is 59.9 Å². The largest absolute Gasteiger partial charge is 0.756 e. The molecule has 0 aromatic carbocycles. The summed E-state index contributed by atoms with van der Waals surface area (Å²) in [6, 6.07) is 23.8. The number of phosphoric acid groups is 1. The zero-order chi connectivity index (χ0) is 89.2. The quantitative estimate of drug-likeness (QED) is 0.0211. The van der Waals surface area contributed by atoms with Crippen LogP contribution in [0.5, 0.6) is 0 Å². The van der Waals surface area contributed by atoms with Crippen molar-refractivity contribution in [3.8, 4) is 87.8 Å². The Morgan fingerprint density at radius 2 is 0.822 bits per heavy atom. The van der Waals surface area contributed by atoms with Gasteiger partial charge in [-0.05, 0) is 128 Å². The first-order valence-corrected chi connectivity index (χ1v) is 46.0. The van der Waals surface area contributed by atoms with Gasteiger partial charge in [0.05, 0.1) is 113 Å². The van der Waals surface area contributed by atoms with Gasteiger partial charge in [-0.1, -0.05) is 24.3 Å². The maximum atomic E-state index is 13.1. The minimum Gasteiger partial charge on any atom is -0.756 e. The summed E-state index contributed by atoms with van der Waals surface area (Å²) in [6.45, 7) is 4.88. The second-order valence-electron chi connectivity index (χ2n) is 30.6. The fourth-order valence-electron chi connectivity index (χ4n) is 14.4. The van der Waals surface area contributed by atoms with Crippen molar-refractivity contribution < 1.29 is 52.6 Å². The van der Waals surface area contributed by atoms with Crippen molar-refractivity contribution in [1.29, 1.82) is 0 Å². The van der Waals surface area contributed by atoms with Gasteiger partial charge in [0.15, 0.2) is 0 Å². The number of aryl methyl sites for hydroxylation is 1. The number of H-pyrrole nitrogens is 2. The number of hydrogen-bond donors (Lipinski definition) is 8. The molecule has 0 bridgehead atoms. The van der Waals surface area contributed by atoms with E-state index in [4.69, 9.17) is 29.7 Å². The minimum absolute atomic E-state index is 0.116. The molecule has 45 heteroatoms. The lowest BCUT2D eigenvalue weighted by Gasteiger charge is -2.39. The molecule has 16 aromatic rings. The second kappa shape index (κ2) is 39.5. The standard InChI is InChI=1S/C22H24N7O6PS.C22H23N7O2S.C21H22N8OS.C19H17N7O2S/c1-2-34-16-7-15(8-16)29-11-18(20(27-29)17-5-3-4-6-23-17)25-21(30)19-12-37-22(26-19)14-9-24-28(10-14)13-35-36(31,32)33;1-3-31-16-8-15(9-16)29-12-18(20(27-29)17-6-4-5-7-23-17)25-21(30)19-13-32-22(26-19)14-10-24-28(2)11-14;1-28(2)14-7-15(8-14)29-11-17(19(27-29)16-5-3-4-6-22-16)25-20(30)18-12-31-21(26-18)13-9-23-24-10-13;27-13-5-12(6-13)26-9-15(17(25-26)14-3-1-2-4-20-14)23-18(28)16-10-29-19(24-16)11-7-21-22-8-11/h3-6,9-12,15-16H,2,7-8,13H2,1H3,(H,25,30)(H2,31,32,33);4-7,10-13,15-16H,3,8-9H2,1-2H3,(H,25,30);3-6,9-12,14-15H,7-8H2,1-2H3,(H,23,24)(H,25,30);1-4,7-10,12-13,27H,5-6H2,(H,21,22)(H,23,28)/p-1. The Morgan fingerprint density at radius 3 is 1.12 bits per heavy atom. The van der Waals surface area contributed by atoms with Gasteiger partial charge in [-0.2, -0.15) is 40.8 Å². The number of phosphoric ester groups is 1. The van der Waals surface area contributed by atoms with Crippen molar-refractivity contribution >= 4 is 99.5 Å². The lowest BCUT2D eigenvalue weighted by molar-refractivity contribution is -0.223. The van der Waals surface area contributed by atoms with E-state index in [0.717, 1.165) is 70.9 Å². The van der Waals surface area contributed by atoms with Crippen LogP contribution in [0.25, 0.3) is 87.8 Å². The predicted octanol–water partition coefficient (Wildman–Crippen LogP) is 12.5. The molecule has 662 valence electrons. The summed E-state index contributed by atoms with van der Waals surface area (Å²) >= 11 is 5.42. The number of rotatable bonds is 28. The van der Waals surface area contributed by atoms with E-state index in [0.29, 0.717) is 133 Å².